The second-order valence-electron chi connectivity index (χ2n) is 7.33. The highest BCUT2D eigenvalue weighted by molar-refractivity contribution is 6.53. The highest BCUT2D eigenvalue weighted by atomic mass is 35.5. The molecule has 5 nitrogen and oxygen atoms in total. The van der Waals surface area contributed by atoms with Gasteiger partial charge in [-0.3, -0.25) is 0 Å². The van der Waals surface area contributed by atoms with Gasteiger partial charge < -0.3 is 23.7 Å². The zero-order valence-corrected chi connectivity index (χ0v) is 20.6. The van der Waals surface area contributed by atoms with E-state index in [4.69, 9.17) is 35.3 Å². The Labute approximate surface area is 206 Å². The van der Waals surface area contributed by atoms with E-state index in [1.54, 1.807) is 14.2 Å². The zero-order valence-electron chi connectivity index (χ0n) is 19.9. The lowest BCUT2D eigenvalue weighted by Gasteiger charge is -2.14. The molecule has 0 aliphatic heterocycles. The summed E-state index contributed by atoms with van der Waals surface area (Å²) in [5.74, 6) is 2.34. The molecule has 0 aliphatic carbocycles. The first-order chi connectivity index (χ1) is 16.7. The zero-order chi connectivity index (χ0) is 24.2. The molecular weight excluding hydrogens is 452 g/mol. The second kappa shape index (κ2) is 13.7. The molecule has 6 heteroatoms. The van der Waals surface area contributed by atoms with Gasteiger partial charge in [-0.1, -0.05) is 35.9 Å². The molecule has 0 bridgehead atoms. The maximum atomic E-state index is 6.95. The van der Waals surface area contributed by atoms with E-state index in [0.29, 0.717) is 38.1 Å². The Morgan fingerprint density at radius 2 is 1.03 bits per heavy atom. The lowest BCUT2D eigenvalue weighted by Crippen LogP contribution is -2.10. The van der Waals surface area contributed by atoms with Crippen LogP contribution in [0.1, 0.15) is 23.6 Å². The second-order valence-corrected chi connectivity index (χ2v) is 7.71. The average molecular weight is 483 g/mol. The van der Waals surface area contributed by atoms with Crippen molar-refractivity contribution < 1.29 is 23.7 Å². The summed E-state index contributed by atoms with van der Waals surface area (Å²) in [6.07, 6.45) is 0. The molecule has 0 saturated carbocycles. The van der Waals surface area contributed by atoms with Crippen molar-refractivity contribution in [1.82, 2.24) is 0 Å². The Morgan fingerprint density at radius 1 is 0.588 bits per heavy atom. The fraction of sp³-hybridized carbons (Fsp3) is 0.286. The molecule has 0 heterocycles. The van der Waals surface area contributed by atoms with E-state index in [0.717, 1.165) is 39.5 Å². The number of halogens is 1. The number of hydrogen-bond donors (Lipinski definition) is 0. The van der Waals surface area contributed by atoms with Crippen LogP contribution in [0.5, 0.6) is 17.2 Å². The predicted octanol–water partition coefficient (Wildman–Crippen LogP) is 6.29. The molecule has 0 unspecified atom stereocenters. The monoisotopic (exact) mass is 482 g/mol. The van der Waals surface area contributed by atoms with Crippen LogP contribution in [0.4, 0.5) is 0 Å². The molecule has 3 aromatic rings. The first-order valence-electron chi connectivity index (χ1n) is 11.2. The molecule has 0 saturated heterocycles. The van der Waals surface area contributed by atoms with Gasteiger partial charge in [0, 0.05) is 12.2 Å². The summed E-state index contributed by atoms with van der Waals surface area (Å²) in [5.41, 5.74) is 3.78. The molecule has 0 aromatic heterocycles. The van der Waals surface area contributed by atoms with Crippen molar-refractivity contribution >= 4 is 22.2 Å². The number of rotatable bonds is 13. The minimum Gasteiger partial charge on any atom is -0.497 e. The largest absolute Gasteiger partial charge is 0.497 e. The molecule has 0 atom stereocenters. The van der Waals surface area contributed by atoms with Gasteiger partial charge in [0.05, 0.1) is 39.1 Å². The Balaban J connectivity index is 1.80. The maximum absolute atomic E-state index is 6.95. The van der Waals surface area contributed by atoms with E-state index in [1.165, 1.54) is 0 Å². The summed E-state index contributed by atoms with van der Waals surface area (Å²) in [6, 6.07) is 23.5. The quantitative estimate of drug-likeness (QED) is 0.211. The van der Waals surface area contributed by atoms with Gasteiger partial charge in [0.2, 0.25) is 0 Å². The van der Waals surface area contributed by atoms with Gasteiger partial charge in [0.15, 0.2) is 0 Å². The van der Waals surface area contributed by atoms with Crippen LogP contribution in [-0.4, -0.2) is 47.3 Å². The fourth-order valence-corrected chi connectivity index (χ4v) is 3.70. The first kappa shape index (κ1) is 25.6. The highest BCUT2D eigenvalue weighted by Gasteiger charge is 2.13. The maximum Gasteiger partial charge on any atom is 0.119 e. The average Bonchev–Trinajstić information content (AvgIpc) is 2.89. The third-order valence-electron chi connectivity index (χ3n) is 5.16. The summed E-state index contributed by atoms with van der Waals surface area (Å²) in [6.45, 7) is 4.80. The van der Waals surface area contributed by atoms with Crippen LogP contribution in [0, 0.1) is 0 Å². The summed E-state index contributed by atoms with van der Waals surface area (Å²) in [5, 5.41) is 0.643. The molecule has 0 amide bonds. The van der Waals surface area contributed by atoms with Crippen LogP contribution in [0.15, 0.2) is 72.8 Å². The number of methoxy groups -OCH3 is 2. The van der Waals surface area contributed by atoms with Crippen molar-refractivity contribution in [3.63, 3.8) is 0 Å². The van der Waals surface area contributed by atoms with Crippen molar-refractivity contribution in [2.24, 2.45) is 0 Å². The SMILES string of the molecule is CCOCCOCCOc1ccc(C(=C(Cl)c2ccc(OC)cc2)c2ccc(OC)cc2)cc1. The summed E-state index contributed by atoms with van der Waals surface area (Å²) in [4.78, 5) is 0. The molecule has 0 spiro atoms. The van der Waals surface area contributed by atoms with Gasteiger partial charge >= 0.3 is 0 Å². The van der Waals surface area contributed by atoms with Gasteiger partial charge in [0.1, 0.15) is 23.9 Å². The van der Waals surface area contributed by atoms with Crippen LogP contribution >= 0.6 is 11.6 Å². The number of benzene rings is 3. The van der Waals surface area contributed by atoms with E-state index >= 15 is 0 Å². The number of hydrogen-bond acceptors (Lipinski definition) is 5. The van der Waals surface area contributed by atoms with Crippen molar-refractivity contribution in [2.75, 3.05) is 47.3 Å². The normalized spacial score (nSPS) is 11.6. The van der Waals surface area contributed by atoms with E-state index in [-0.39, 0.29) is 0 Å². The Hall–Kier alpha value is -2.99. The highest BCUT2D eigenvalue weighted by Crippen LogP contribution is 2.36. The van der Waals surface area contributed by atoms with Crippen LogP contribution < -0.4 is 14.2 Å². The molecule has 0 aliphatic rings. The third-order valence-corrected chi connectivity index (χ3v) is 5.56. The lowest BCUT2D eigenvalue weighted by atomic mass is 9.95. The third kappa shape index (κ3) is 7.26. The van der Waals surface area contributed by atoms with Gasteiger partial charge in [0.25, 0.3) is 0 Å². The molecule has 0 radical (unpaired) electrons. The van der Waals surface area contributed by atoms with Gasteiger partial charge in [-0.15, -0.1) is 0 Å². The Kier molecular flexibility index (Phi) is 10.3. The van der Waals surface area contributed by atoms with E-state index in [1.807, 2.05) is 79.7 Å². The smallest absolute Gasteiger partial charge is 0.119 e. The minimum atomic E-state index is 0.471. The van der Waals surface area contributed by atoms with Crippen LogP contribution in [-0.2, 0) is 9.47 Å². The molecule has 180 valence electrons. The van der Waals surface area contributed by atoms with E-state index < -0.39 is 0 Å². The van der Waals surface area contributed by atoms with Gasteiger partial charge in [-0.05, 0) is 72.1 Å². The van der Waals surface area contributed by atoms with E-state index in [9.17, 15) is 0 Å². The summed E-state index contributed by atoms with van der Waals surface area (Å²) in [7, 11) is 3.30. The van der Waals surface area contributed by atoms with Crippen molar-refractivity contribution in [3.05, 3.63) is 89.5 Å². The van der Waals surface area contributed by atoms with E-state index in [2.05, 4.69) is 0 Å². The molecule has 3 rings (SSSR count). The topological polar surface area (TPSA) is 46.2 Å². The molecule has 0 fully saturated rings. The summed E-state index contributed by atoms with van der Waals surface area (Å²) >= 11 is 6.95. The molecular formula is C28H31ClO5. The van der Waals surface area contributed by atoms with Crippen LogP contribution in [0.25, 0.3) is 10.6 Å². The number of ether oxygens (including phenoxy) is 5. The minimum absolute atomic E-state index is 0.471. The van der Waals surface area contributed by atoms with Crippen LogP contribution in [0.3, 0.4) is 0 Å². The fourth-order valence-electron chi connectivity index (χ4n) is 3.36. The Bertz CT molecular complexity index is 1030. The molecule has 3 aromatic carbocycles. The van der Waals surface area contributed by atoms with Crippen molar-refractivity contribution in [3.8, 4) is 17.2 Å². The van der Waals surface area contributed by atoms with Crippen molar-refractivity contribution in [2.45, 2.75) is 6.92 Å². The van der Waals surface area contributed by atoms with Gasteiger partial charge in [-0.2, -0.15) is 0 Å². The molecule has 34 heavy (non-hydrogen) atoms. The van der Waals surface area contributed by atoms with Crippen molar-refractivity contribution in [1.29, 1.82) is 0 Å². The van der Waals surface area contributed by atoms with Crippen LogP contribution in [0.2, 0.25) is 0 Å². The lowest BCUT2D eigenvalue weighted by molar-refractivity contribution is 0.0405. The standard InChI is InChI=1S/C28H31ClO5/c1-4-32-17-18-33-19-20-34-26-15-7-22(8-16-26)27(21-5-11-24(30-2)12-6-21)28(29)23-9-13-25(31-3)14-10-23/h5-16H,4,17-20H2,1-3H3. The molecule has 0 N–H and O–H groups in total. The summed E-state index contributed by atoms with van der Waals surface area (Å²) < 4.78 is 27.2. The first-order valence-corrected chi connectivity index (χ1v) is 11.6. The Morgan fingerprint density at radius 3 is 1.53 bits per heavy atom. The van der Waals surface area contributed by atoms with Gasteiger partial charge in [-0.25, -0.2) is 0 Å². The predicted molar refractivity (Wildman–Crippen MR) is 137 cm³/mol.